The number of thioether (sulfide) groups is 2. The van der Waals surface area contributed by atoms with Crippen LogP contribution in [0.1, 0.15) is 102 Å². The first-order valence-corrected chi connectivity index (χ1v) is 18.3. The summed E-state index contributed by atoms with van der Waals surface area (Å²) in [5.74, 6) is -0.551. The number of hydrogen-bond donors (Lipinski definition) is 1. The lowest BCUT2D eigenvalue weighted by atomic mass is 9.50. The van der Waals surface area contributed by atoms with Crippen LogP contribution in [0.4, 0.5) is 0 Å². The van der Waals surface area contributed by atoms with Gasteiger partial charge in [-0.3, -0.25) is 9.59 Å². The molecule has 0 heterocycles. The maximum Gasteiger partial charge on any atom is 0.313 e. The van der Waals surface area contributed by atoms with Crippen LogP contribution in [-0.4, -0.2) is 96.9 Å². The van der Waals surface area contributed by atoms with Crippen LogP contribution in [0.25, 0.3) is 0 Å². The number of hydrogen-bond acceptors (Lipinski definition) is 10. The van der Waals surface area contributed by atoms with E-state index in [0.29, 0.717) is 43.6 Å². The largest absolute Gasteiger partial charge is 0.459 e. The minimum absolute atomic E-state index is 0.242. The third-order valence-electron chi connectivity index (χ3n) is 10.1. The number of likely N-dealkylation sites (N-methyl/N-ethyl adjacent to an activating group) is 1. The number of nitrogens with zero attached hydrogens (tertiary/aromatic N) is 1. The molecule has 2 unspecified atom stereocenters. The van der Waals surface area contributed by atoms with E-state index >= 15 is 0 Å². The van der Waals surface area contributed by atoms with Gasteiger partial charge in [0.25, 0.3) is 0 Å². The molecule has 0 saturated heterocycles. The molecule has 0 radical (unpaired) electrons. The monoisotopic (exact) mass is 695 g/mol. The molecule has 0 aliphatic carbocycles. The van der Waals surface area contributed by atoms with Gasteiger partial charge in [-0.25, -0.2) is 0 Å². The number of methoxy groups -OCH3 is 1. The lowest BCUT2D eigenvalue weighted by molar-refractivity contribution is -0.870. The van der Waals surface area contributed by atoms with E-state index in [2.05, 4.69) is 62.7 Å². The van der Waals surface area contributed by atoms with E-state index in [4.69, 9.17) is 36.9 Å². The van der Waals surface area contributed by atoms with E-state index in [1.165, 1.54) is 23.5 Å². The smallest absolute Gasteiger partial charge is 0.313 e. The van der Waals surface area contributed by atoms with Crippen LogP contribution in [0.2, 0.25) is 0 Å². The van der Waals surface area contributed by atoms with Gasteiger partial charge in [-0.1, -0.05) is 39.9 Å². The Morgan fingerprint density at radius 3 is 1.82 bits per heavy atom. The van der Waals surface area contributed by atoms with Crippen LogP contribution in [0.5, 0.6) is 0 Å². The van der Waals surface area contributed by atoms with Crippen molar-refractivity contribution in [2.24, 2.45) is 27.4 Å². The highest BCUT2D eigenvalue weighted by molar-refractivity contribution is 8.47. The average Bonchev–Trinajstić information content (AvgIpc) is 2.84. The van der Waals surface area contributed by atoms with Crippen LogP contribution in [0.3, 0.4) is 0 Å². The molecule has 0 amide bonds. The molecule has 2 N–H and O–H groups in total. The number of nitrogens with two attached hydrogens (primary N) is 1. The van der Waals surface area contributed by atoms with Gasteiger partial charge in [0, 0.05) is 24.7 Å². The zero-order valence-corrected chi connectivity index (χ0v) is 34.1. The Balaban J connectivity index is 6.36. The molecule has 8 nitrogen and oxygen atoms in total. The molecule has 0 saturated carbocycles. The van der Waals surface area contributed by atoms with E-state index < -0.39 is 37.7 Å². The first-order valence-electron chi connectivity index (χ1n) is 15.8. The highest BCUT2D eigenvalue weighted by Crippen LogP contribution is 2.60. The number of ether oxygens (including phenoxy) is 4. The molecule has 0 fully saturated rings. The van der Waals surface area contributed by atoms with Crippen molar-refractivity contribution in [3.05, 3.63) is 0 Å². The van der Waals surface area contributed by atoms with Gasteiger partial charge in [0.15, 0.2) is 0 Å². The van der Waals surface area contributed by atoms with Crippen molar-refractivity contribution < 1.29 is 33.0 Å². The number of thiocarbonyl (C=S) groups is 1. The first kappa shape index (κ1) is 44.6. The Hall–Kier alpha value is -0.430. The Bertz CT molecular complexity index is 1000. The molecule has 0 rings (SSSR count). The summed E-state index contributed by atoms with van der Waals surface area (Å²) >= 11 is 8.65. The molecule has 0 bridgehead atoms. The number of carbonyl (C=O) groups is 2. The SMILES string of the molecule is COCCC(C)(N)OCCC(C)(C)OC(=O)C(C)(CC(C)(C)C(C)(C)C(C)(C)C(=O)OCC[N+](C)(C)C)C(C)(C)SC(=S)SC. The molecule has 45 heavy (non-hydrogen) atoms. The lowest BCUT2D eigenvalue weighted by Gasteiger charge is -2.55. The summed E-state index contributed by atoms with van der Waals surface area (Å²) in [7, 11) is 7.84. The predicted octanol–water partition coefficient (Wildman–Crippen LogP) is 7.31. The summed E-state index contributed by atoms with van der Waals surface area (Å²) in [5.41, 5.74) is 1.70. The molecule has 0 aromatic rings. The van der Waals surface area contributed by atoms with Gasteiger partial charge in [0.05, 0.1) is 45.2 Å². The second-order valence-corrected chi connectivity index (χ2v) is 20.3. The Morgan fingerprint density at radius 2 is 1.36 bits per heavy atom. The second-order valence-electron chi connectivity index (χ2n) is 16.7. The zero-order chi connectivity index (χ0) is 35.9. The minimum atomic E-state index is -0.985. The number of carbonyl (C=O) groups excluding carboxylic acids is 2. The quantitative estimate of drug-likeness (QED) is 0.0641. The number of esters is 2. The molecule has 0 aromatic heterocycles. The summed E-state index contributed by atoms with van der Waals surface area (Å²) in [6.45, 7) is 25.9. The normalized spacial score (nSPS) is 16.5. The van der Waals surface area contributed by atoms with Crippen molar-refractivity contribution in [2.45, 2.75) is 118 Å². The van der Waals surface area contributed by atoms with Crippen molar-refractivity contribution in [1.29, 1.82) is 0 Å². The van der Waals surface area contributed by atoms with E-state index in [1.807, 2.05) is 47.8 Å². The summed E-state index contributed by atoms with van der Waals surface area (Å²) in [6, 6.07) is 0. The molecule has 266 valence electrons. The molecular weight excluding hydrogens is 629 g/mol. The van der Waals surface area contributed by atoms with Crippen molar-refractivity contribution in [3.63, 3.8) is 0 Å². The summed E-state index contributed by atoms with van der Waals surface area (Å²) < 4.78 is 24.1. The second kappa shape index (κ2) is 16.3. The van der Waals surface area contributed by atoms with Crippen LogP contribution in [0.15, 0.2) is 0 Å². The third-order valence-corrected chi connectivity index (χ3v) is 13.1. The van der Waals surface area contributed by atoms with Gasteiger partial charge < -0.3 is 29.2 Å². The molecular formula is C34H67N2O6S3+. The predicted molar refractivity (Wildman–Crippen MR) is 196 cm³/mol. The van der Waals surface area contributed by atoms with Gasteiger partial charge in [0.1, 0.15) is 28.0 Å². The summed E-state index contributed by atoms with van der Waals surface area (Å²) in [4.78, 5) is 28.0. The number of quaternary nitrogens is 1. The lowest BCUT2D eigenvalue weighted by Crippen LogP contribution is -2.56. The van der Waals surface area contributed by atoms with Gasteiger partial charge >= 0.3 is 11.9 Å². The summed E-state index contributed by atoms with van der Waals surface area (Å²) in [6.07, 6.45) is 3.41. The summed E-state index contributed by atoms with van der Waals surface area (Å²) in [5, 5.41) is 0. The first-order chi connectivity index (χ1) is 19.9. The van der Waals surface area contributed by atoms with Crippen molar-refractivity contribution in [2.75, 3.05) is 60.9 Å². The van der Waals surface area contributed by atoms with Crippen molar-refractivity contribution in [1.82, 2.24) is 0 Å². The fourth-order valence-corrected chi connectivity index (χ4v) is 7.39. The maximum absolute atomic E-state index is 14.5. The van der Waals surface area contributed by atoms with Crippen LogP contribution in [-0.2, 0) is 28.5 Å². The topological polar surface area (TPSA) is 97.1 Å². The zero-order valence-electron chi connectivity index (χ0n) is 31.6. The molecule has 0 aliphatic heterocycles. The maximum atomic E-state index is 14.5. The fraction of sp³-hybridized carbons (Fsp3) is 0.912. The average molecular weight is 696 g/mol. The molecule has 11 heteroatoms. The standard InChI is InChI=1S/C34H67N2O6S3/c1-28(2,31(7,8)30(5,6)25(37)40-23-20-36(13,14)15)24-33(11,32(9,10)45-27(43)44-17)26(38)42-29(3,4)18-22-41-34(12,35)19-21-39-16/h18-24,35H2,1-17H3/q+1. The Labute approximate surface area is 289 Å². The van der Waals surface area contributed by atoms with Crippen LogP contribution in [0, 0.1) is 21.7 Å². The minimum Gasteiger partial charge on any atom is -0.459 e. The number of rotatable bonds is 19. The van der Waals surface area contributed by atoms with Gasteiger partial charge in [0.2, 0.25) is 0 Å². The van der Waals surface area contributed by atoms with Crippen molar-refractivity contribution >= 4 is 51.2 Å². The van der Waals surface area contributed by atoms with E-state index in [-0.39, 0.29) is 11.9 Å². The van der Waals surface area contributed by atoms with Crippen LogP contribution < -0.4 is 5.73 Å². The fourth-order valence-electron chi connectivity index (χ4n) is 5.01. The highest BCUT2D eigenvalue weighted by atomic mass is 32.2. The molecule has 2 atom stereocenters. The Morgan fingerprint density at radius 1 is 0.822 bits per heavy atom. The van der Waals surface area contributed by atoms with E-state index in [1.54, 1.807) is 7.11 Å². The van der Waals surface area contributed by atoms with Gasteiger partial charge in [-0.05, 0) is 78.9 Å². The Kier molecular flexibility index (Phi) is 16.2. The van der Waals surface area contributed by atoms with Crippen LogP contribution >= 0.6 is 35.7 Å². The highest BCUT2D eigenvalue weighted by Gasteiger charge is 2.59. The molecule has 0 spiro atoms. The molecule has 0 aromatic carbocycles. The van der Waals surface area contributed by atoms with Gasteiger partial charge in [-0.15, -0.1) is 23.5 Å². The van der Waals surface area contributed by atoms with Gasteiger partial charge in [-0.2, -0.15) is 0 Å². The van der Waals surface area contributed by atoms with Crippen molar-refractivity contribution in [3.8, 4) is 0 Å². The third kappa shape index (κ3) is 12.8. The van der Waals surface area contributed by atoms with E-state index in [9.17, 15) is 9.59 Å². The molecule has 0 aliphatic rings. The van der Waals surface area contributed by atoms with E-state index in [0.717, 1.165) is 10.1 Å².